The number of para-hydroxylation sites is 3. The summed E-state index contributed by atoms with van der Waals surface area (Å²) in [5.74, 6) is -0.460. The molecule has 0 saturated heterocycles. The monoisotopic (exact) mass is 392 g/mol. The summed E-state index contributed by atoms with van der Waals surface area (Å²) in [5, 5.41) is 2.80. The van der Waals surface area contributed by atoms with Crippen LogP contribution in [-0.4, -0.2) is 37.0 Å². The number of nitrogens with zero attached hydrogens (tertiary/aromatic N) is 1. The van der Waals surface area contributed by atoms with Gasteiger partial charge in [-0.15, -0.1) is 0 Å². The van der Waals surface area contributed by atoms with Gasteiger partial charge in [0.25, 0.3) is 5.91 Å². The number of amides is 2. The minimum absolute atomic E-state index is 0.0887. The fourth-order valence-electron chi connectivity index (χ4n) is 3.49. The minimum Gasteiger partial charge on any atom is -0.488 e. The van der Waals surface area contributed by atoms with Gasteiger partial charge >= 0.3 is 5.97 Å². The molecule has 0 fully saturated rings. The highest BCUT2D eigenvalue weighted by Gasteiger charge is 2.30. The second-order valence-electron chi connectivity index (χ2n) is 6.95. The van der Waals surface area contributed by atoms with Crippen molar-refractivity contribution in [1.29, 1.82) is 0 Å². The number of benzene rings is 2. The summed E-state index contributed by atoms with van der Waals surface area (Å²) in [6, 6.07) is 14.1. The van der Waals surface area contributed by atoms with Crippen molar-refractivity contribution in [2.24, 2.45) is 0 Å². The Morgan fingerprint density at radius 1 is 1.17 bits per heavy atom. The third-order valence-corrected chi connectivity index (χ3v) is 4.85. The van der Waals surface area contributed by atoms with E-state index in [-0.39, 0.29) is 25.0 Å². The lowest BCUT2D eigenvalue weighted by Gasteiger charge is -2.27. The van der Waals surface area contributed by atoms with E-state index in [1.54, 1.807) is 37.3 Å². The maximum Gasteiger partial charge on any atom is 0.338 e. The Hall–Kier alpha value is -3.61. The average molecular weight is 392 g/mol. The third kappa shape index (κ3) is 3.85. The van der Waals surface area contributed by atoms with Crippen molar-refractivity contribution in [3.8, 4) is 5.75 Å². The van der Waals surface area contributed by atoms with Crippen LogP contribution in [0.15, 0.2) is 54.1 Å². The normalized spacial score (nSPS) is 17.7. The van der Waals surface area contributed by atoms with Crippen molar-refractivity contribution in [3.63, 3.8) is 0 Å². The molecule has 29 heavy (non-hydrogen) atoms. The lowest BCUT2D eigenvalue weighted by molar-refractivity contribution is -0.144. The number of carbonyl (C=O) groups is 3. The smallest absolute Gasteiger partial charge is 0.338 e. The Kier molecular flexibility index (Phi) is 5.03. The van der Waals surface area contributed by atoms with Gasteiger partial charge in [-0.05, 0) is 31.2 Å². The van der Waals surface area contributed by atoms with Crippen LogP contribution in [-0.2, 0) is 19.1 Å². The van der Waals surface area contributed by atoms with Gasteiger partial charge in [-0.3, -0.25) is 9.59 Å². The Labute approximate surface area is 167 Å². The zero-order valence-electron chi connectivity index (χ0n) is 15.9. The van der Waals surface area contributed by atoms with E-state index in [2.05, 4.69) is 5.32 Å². The number of anilines is 2. The fraction of sp³-hybridized carbons (Fsp3) is 0.227. The topological polar surface area (TPSA) is 84.9 Å². The molecule has 7 nitrogen and oxygen atoms in total. The highest BCUT2D eigenvalue weighted by atomic mass is 16.5. The Morgan fingerprint density at radius 3 is 2.79 bits per heavy atom. The van der Waals surface area contributed by atoms with Crippen LogP contribution in [0.25, 0.3) is 6.08 Å². The van der Waals surface area contributed by atoms with Crippen LogP contribution >= 0.6 is 0 Å². The van der Waals surface area contributed by atoms with Crippen molar-refractivity contribution in [2.75, 3.05) is 23.4 Å². The molecule has 2 aliphatic rings. The molecule has 7 heteroatoms. The molecular formula is C22H20N2O5. The van der Waals surface area contributed by atoms with E-state index in [9.17, 15) is 14.4 Å². The van der Waals surface area contributed by atoms with Crippen LogP contribution in [0.2, 0.25) is 0 Å². The molecule has 0 aliphatic carbocycles. The molecule has 0 bridgehead atoms. The quantitative estimate of drug-likeness (QED) is 0.812. The van der Waals surface area contributed by atoms with Crippen molar-refractivity contribution in [1.82, 2.24) is 0 Å². The predicted octanol–water partition coefficient (Wildman–Crippen LogP) is 2.77. The molecule has 2 aromatic rings. The van der Waals surface area contributed by atoms with Gasteiger partial charge in [-0.25, -0.2) is 4.79 Å². The summed E-state index contributed by atoms with van der Waals surface area (Å²) in [5.41, 5.74) is 2.27. The Bertz CT molecular complexity index is 1010. The second-order valence-corrected chi connectivity index (χ2v) is 6.95. The molecule has 0 saturated carbocycles. The van der Waals surface area contributed by atoms with Crippen LogP contribution in [0.3, 0.4) is 0 Å². The van der Waals surface area contributed by atoms with E-state index in [0.717, 1.165) is 5.56 Å². The number of esters is 1. The van der Waals surface area contributed by atoms with E-state index in [0.29, 0.717) is 22.7 Å². The lowest BCUT2D eigenvalue weighted by Crippen LogP contribution is -2.41. The van der Waals surface area contributed by atoms with Crippen molar-refractivity contribution in [3.05, 3.63) is 59.7 Å². The average Bonchev–Trinajstić information content (AvgIpc) is 2.85. The van der Waals surface area contributed by atoms with Crippen LogP contribution < -0.4 is 15.0 Å². The molecule has 0 radical (unpaired) electrons. The van der Waals surface area contributed by atoms with Crippen LogP contribution in [0.5, 0.6) is 5.75 Å². The van der Waals surface area contributed by atoms with Gasteiger partial charge in [-0.1, -0.05) is 30.3 Å². The van der Waals surface area contributed by atoms with Gasteiger partial charge < -0.3 is 19.7 Å². The molecule has 148 valence electrons. The van der Waals surface area contributed by atoms with Crippen molar-refractivity contribution in [2.45, 2.75) is 19.4 Å². The molecule has 1 atom stereocenters. The molecule has 2 aromatic carbocycles. The minimum atomic E-state index is -0.599. The van der Waals surface area contributed by atoms with E-state index < -0.39 is 18.5 Å². The number of nitrogens with one attached hydrogen (secondary N) is 1. The molecule has 0 unspecified atom stereocenters. The molecule has 4 rings (SSSR count). The van der Waals surface area contributed by atoms with Gasteiger partial charge in [-0.2, -0.15) is 0 Å². The van der Waals surface area contributed by atoms with Crippen molar-refractivity contribution < 1.29 is 23.9 Å². The number of carbonyl (C=O) groups excluding carboxylic acids is 3. The van der Waals surface area contributed by atoms with Crippen LogP contribution in [0.1, 0.15) is 18.9 Å². The molecule has 0 aromatic heterocycles. The molecule has 1 N–H and O–H groups in total. The molecule has 0 spiro atoms. The Morgan fingerprint density at radius 2 is 1.93 bits per heavy atom. The van der Waals surface area contributed by atoms with Gasteiger partial charge in [0.2, 0.25) is 5.91 Å². The van der Waals surface area contributed by atoms with Crippen LogP contribution in [0, 0.1) is 0 Å². The third-order valence-electron chi connectivity index (χ3n) is 4.85. The van der Waals surface area contributed by atoms with E-state index >= 15 is 0 Å². The lowest BCUT2D eigenvalue weighted by atomic mass is 10.1. The number of hydrogen-bond acceptors (Lipinski definition) is 5. The maximum atomic E-state index is 12.9. The largest absolute Gasteiger partial charge is 0.488 e. The summed E-state index contributed by atoms with van der Waals surface area (Å²) in [7, 11) is 0. The number of rotatable bonds is 3. The summed E-state index contributed by atoms with van der Waals surface area (Å²) >= 11 is 0. The van der Waals surface area contributed by atoms with E-state index in [4.69, 9.17) is 9.47 Å². The highest BCUT2D eigenvalue weighted by Crippen LogP contribution is 2.31. The number of fused-ring (bicyclic) bond motifs is 2. The number of ether oxygens (including phenoxy) is 2. The highest BCUT2D eigenvalue weighted by molar-refractivity contribution is 6.05. The Balaban J connectivity index is 1.48. The summed E-state index contributed by atoms with van der Waals surface area (Å²) in [4.78, 5) is 38.9. The van der Waals surface area contributed by atoms with E-state index in [1.165, 1.54) is 4.90 Å². The summed E-state index contributed by atoms with van der Waals surface area (Å²) < 4.78 is 10.8. The molecule has 2 amide bonds. The first-order valence-electron chi connectivity index (χ1n) is 9.33. The summed E-state index contributed by atoms with van der Waals surface area (Å²) in [6.45, 7) is 1.45. The zero-order chi connectivity index (χ0) is 20.4. The fourth-order valence-corrected chi connectivity index (χ4v) is 3.49. The molecule has 2 aliphatic heterocycles. The van der Waals surface area contributed by atoms with Crippen LogP contribution in [0.4, 0.5) is 11.4 Å². The summed E-state index contributed by atoms with van der Waals surface area (Å²) in [6.07, 6.45) is 1.86. The second kappa shape index (κ2) is 7.79. The van der Waals surface area contributed by atoms with Gasteiger partial charge in [0.1, 0.15) is 12.4 Å². The number of hydrogen-bond donors (Lipinski definition) is 1. The van der Waals surface area contributed by atoms with Gasteiger partial charge in [0, 0.05) is 18.0 Å². The van der Waals surface area contributed by atoms with Gasteiger partial charge in [0.05, 0.1) is 16.9 Å². The maximum absolute atomic E-state index is 12.9. The first-order chi connectivity index (χ1) is 14.0. The first-order valence-corrected chi connectivity index (χ1v) is 9.33. The van der Waals surface area contributed by atoms with E-state index in [1.807, 2.05) is 24.3 Å². The standard InChI is InChI=1S/C22H20N2O5/c1-14-10-20(25)23-17-7-3-4-8-18(17)24(14)21(26)13-29-22(27)16-11-15-6-2-5-9-19(15)28-12-16/h2-9,11,14H,10,12-13H2,1H3,(H,23,25)/t14-/m0/s1. The van der Waals surface area contributed by atoms with Crippen molar-refractivity contribution >= 4 is 35.2 Å². The molecular weight excluding hydrogens is 372 g/mol. The SMILES string of the molecule is C[C@H]1CC(=O)Nc2ccccc2N1C(=O)COC(=O)C1=Cc2ccccc2OC1. The predicted molar refractivity (Wildman–Crippen MR) is 108 cm³/mol. The van der Waals surface area contributed by atoms with Gasteiger partial charge in [0.15, 0.2) is 6.61 Å². The zero-order valence-corrected chi connectivity index (χ0v) is 15.9. The molecule has 2 heterocycles. The first kappa shape index (κ1) is 18.7.